The molecule has 1 nitrogen and oxygen atoms in total. The van der Waals surface area contributed by atoms with Crippen LogP contribution in [0.4, 0.5) is 17.6 Å². The Morgan fingerprint density at radius 1 is 1.19 bits per heavy atom. The zero-order valence-corrected chi connectivity index (χ0v) is 12.4. The average Bonchev–Trinajstić information content (AvgIpc) is 2.82. The first kappa shape index (κ1) is 16.0. The molecule has 0 aliphatic rings. The molecule has 6 heteroatoms. The fraction of sp³-hybridized carbons (Fsp3) is 0.333. The van der Waals surface area contributed by atoms with Gasteiger partial charge < -0.3 is 5.32 Å². The predicted molar refractivity (Wildman–Crippen MR) is 76.0 cm³/mol. The standard InChI is InChI=1S/C15H15F4NS/c1-3-20-14(11-6-9(2)21-8-11)10-4-5-13(16)12(7-10)15(17,18)19/h4-8,14,20H,3H2,1-2H3. The van der Waals surface area contributed by atoms with Crippen LogP contribution < -0.4 is 5.32 Å². The quantitative estimate of drug-likeness (QED) is 0.790. The number of halogens is 4. The maximum absolute atomic E-state index is 13.4. The minimum absolute atomic E-state index is 0.373. The summed E-state index contributed by atoms with van der Waals surface area (Å²) in [5, 5.41) is 5.05. The van der Waals surface area contributed by atoms with E-state index in [1.165, 1.54) is 17.4 Å². The van der Waals surface area contributed by atoms with Crippen molar-refractivity contribution in [3.05, 3.63) is 57.0 Å². The highest BCUT2D eigenvalue weighted by molar-refractivity contribution is 7.10. The minimum atomic E-state index is -4.69. The van der Waals surface area contributed by atoms with Crippen LogP contribution >= 0.6 is 11.3 Å². The Balaban J connectivity index is 2.46. The Morgan fingerprint density at radius 2 is 1.90 bits per heavy atom. The van der Waals surface area contributed by atoms with Gasteiger partial charge in [-0.2, -0.15) is 13.2 Å². The monoisotopic (exact) mass is 317 g/mol. The van der Waals surface area contributed by atoms with Crippen molar-refractivity contribution in [3.8, 4) is 0 Å². The first-order valence-corrected chi connectivity index (χ1v) is 7.36. The molecule has 1 N–H and O–H groups in total. The van der Waals surface area contributed by atoms with Gasteiger partial charge in [0.05, 0.1) is 11.6 Å². The van der Waals surface area contributed by atoms with Gasteiger partial charge in [-0.05, 0) is 48.2 Å². The van der Waals surface area contributed by atoms with Crippen LogP contribution in [0.3, 0.4) is 0 Å². The zero-order chi connectivity index (χ0) is 15.6. The van der Waals surface area contributed by atoms with Gasteiger partial charge >= 0.3 is 6.18 Å². The van der Waals surface area contributed by atoms with Crippen LogP contribution in [0.1, 0.15) is 34.5 Å². The molecule has 0 saturated carbocycles. The van der Waals surface area contributed by atoms with Gasteiger partial charge in [0.1, 0.15) is 5.82 Å². The van der Waals surface area contributed by atoms with Gasteiger partial charge in [0.25, 0.3) is 0 Å². The average molecular weight is 317 g/mol. The van der Waals surface area contributed by atoms with E-state index in [0.717, 1.165) is 22.6 Å². The van der Waals surface area contributed by atoms with Crippen molar-refractivity contribution in [3.63, 3.8) is 0 Å². The van der Waals surface area contributed by atoms with E-state index in [1.807, 2.05) is 25.3 Å². The molecule has 0 aliphatic carbocycles. The number of rotatable bonds is 4. The molecule has 2 aromatic rings. The molecule has 0 aliphatic heterocycles. The number of nitrogens with one attached hydrogen (secondary N) is 1. The predicted octanol–water partition coefficient (Wildman–Crippen LogP) is 4.91. The summed E-state index contributed by atoms with van der Waals surface area (Å²) in [5.41, 5.74) is 0.0670. The molecular weight excluding hydrogens is 302 g/mol. The van der Waals surface area contributed by atoms with E-state index in [4.69, 9.17) is 0 Å². The van der Waals surface area contributed by atoms with Crippen molar-refractivity contribution >= 4 is 11.3 Å². The molecule has 0 spiro atoms. The third-order valence-corrected chi connectivity index (χ3v) is 4.00. The summed E-state index contributed by atoms with van der Waals surface area (Å²) in [4.78, 5) is 1.08. The largest absolute Gasteiger partial charge is 0.419 e. The Morgan fingerprint density at radius 3 is 2.43 bits per heavy atom. The summed E-state index contributed by atoms with van der Waals surface area (Å²) in [6.07, 6.45) is -4.69. The van der Waals surface area contributed by atoms with Gasteiger partial charge in [-0.25, -0.2) is 4.39 Å². The van der Waals surface area contributed by atoms with Crippen molar-refractivity contribution in [1.82, 2.24) is 5.32 Å². The van der Waals surface area contributed by atoms with Crippen molar-refractivity contribution < 1.29 is 17.6 Å². The normalized spacial score (nSPS) is 13.4. The molecule has 1 aromatic heterocycles. The molecule has 1 aromatic carbocycles. The SMILES string of the molecule is CCNC(c1csc(C)c1)c1ccc(F)c(C(F)(F)F)c1. The second-order valence-corrected chi connectivity index (χ2v) is 5.83. The first-order valence-electron chi connectivity index (χ1n) is 6.48. The summed E-state index contributed by atoms with van der Waals surface area (Å²) in [6.45, 7) is 4.40. The number of hydrogen-bond donors (Lipinski definition) is 1. The molecule has 0 bridgehead atoms. The van der Waals surface area contributed by atoms with Crippen molar-refractivity contribution in [2.24, 2.45) is 0 Å². The molecule has 0 radical (unpaired) electrons. The van der Waals surface area contributed by atoms with Crippen LogP contribution in [0.2, 0.25) is 0 Å². The van der Waals surface area contributed by atoms with Gasteiger partial charge in [-0.3, -0.25) is 0 Å². The van der Waals surface area contributed by atoms with Gasteiger partial charge in [0.15, 0.2) is 0 Å². The Labute approximate surface area is 124 Å². The maximum Gasteiger partial charge on any atom is 0.419 e. The number of aryl methyl sites for hydroxylation is 1. The molecule has 0 saturated heterocycles. The number of alkyl halides is 3. The van der Waals surface area contributed by atoms with E-state index in [-0.39, 0.29) is 6.04 Å². The molecule has 21 heavy (non-hydrogen) atoms. The highest BCUT2D eigenvalue weighted by Crippen LogP contribution is 2.34. The maximum atomic E-state index is 13.4. The summed E-state index contributed by atoms with van der Waals surface area (Å²) in [7, 11) is 0. The van der Waals surface area contributed by atoms with E-state index >= 15 is 0 Å². The molecule has 1 unspecified atom stereocenters. The molecule has 1 atom stereocenters. The summed E-state index contributed by atoms with van der Waals surface area (Å²) in [5.74, 6) is -1.25. The molecule has 1 heterocycles. The Hall–Kier alpha value is -1.40. The van der Waals surface area contributed by atoms with Crippen molar-refractivity contribution in [2.75, 3.05) is 6.54 Å². The van der Waals surface area contributed by atoms with Gasteiger partial charge in [0.2, 0.25) is 0 Å². The Kier molecular flexibility index (Phi) is 4.68. The highest BCUT2D eigenvalue weighted by Gasteiger charge is 2.34. The fourth-order valence-electron chi connectivity index (χ4n) is 2.19. The van der Waals surface area contributed by atoms with Crippen LogP contribution in [-0.2, 0) is 6.18 Å². The molecular formula is C15H15F4NS. The lowest BCUT2D eigenvalue weighted by molar-refractivity contribution is -0.140. The lowest BCUT2D eigenvalue weighted by Crippen LogP contribution is -2.22. The molecule has 2 rings (SSSR count). The molecule has 0 amide bonds. The minimum Gasteiger partial charge on any atom is -0.307 e. The smallest absolute Gasteiger partial charge is 0.307 e. The number of thiophene rings is 1. The molecule has 114 valence electrons. The second kappa shape index (κ2) is 6.15. The number of hydrogen-bond acceptors (Lipinski definition) is 2. The van der Waals surface area contributed by atoms with Crippen LogP contribution in [-0.4, -0.2) is 6.54 Å². The van der Waals surface area contributed by atoms with E-state index in [1.54, 1.807) is 0 Å². The summed E-state index contributed by atoms with van der Waals surface area (Å²) < 4.78 is 51.9. The fourth-order valence-corrected chi connectivity index (χ4v) is 2.92. The summed E-state index contributed by atoms with van der Waals surface area (Å²) in [6, 6.07) is 4.71. The van der Waals surface area contributed by atoms with Crippen LogP contribution in [0.15, 0.2) is 29.6 Å². The van der Waals surface area contributed by atoms with Gasteiger partial charge in [-0.15, -0.1) is 11.3 Å². The van der Waals surface area contributed by atoms with Crippen LogP contribution in [0, 0.1) is 12.7 Å². The first-order chi connectivity index (χ1) is 9.82. The second-order valence-electron chi connectivity index (χ2n) is 4.72. The van der Waals surface area contributed by atoms with E-state index < -0.39 is 17.6 Å². The van der Waals surface area contributed by atoms with Gasteiger partial charge in [-0.1, -0.05) is 13.0 Å². The molecule has 0 fully saturated rings. The van der Waals surface area contributed by atoms with Crippen molar-refractivity contribution in [2.45, 2.75) is 26.1 Å². The third-order valence-electron chi connectivity index (χ3n) is 3.12. The van der Waals surface area contributed by atoms with Gasteiger partial charge in [0, 0.05) is 4.88 Å². The van der Waals surface area contributed by atoms with Crippen LogP contribution in [0.5, 0.6) is 0 Å². The zero-order valence-electron chi connectivity index (χ0n) is 11.6. The highest BCUT2D eigenvalue weighted by atomic mass is 32.1. The number of benzene rings is 1. The lowest BCUT2D eigenvalue weighted by Gasteiger charge is -2.19. The topological polar surface area (TPSA) is 12.0 Å². The lowest BCUT2D eigenvalue weighted by atomic mass is 9.98. The van der Waals surface area contributed by atoms with E-state index in [0.29, 0.717) is 12.1 Å². The third kappa shape index (κ3) is 3.63. The van der Waals surface area contributed by atoms with E-state index in [9.17, 15) is 17.6 Å². The van der Waals surface area contributed by atoms with Crippen LogP contribution in [0.25, 0.3) is 0 Å². The van der Waals surface area contributed by atoms with E-state index in [2.05, 4.69) is 5.32 Å². The summed E-state index contributed by atoms with van der Waals surface area (Å²) >= 11 is 1.53. The van der Waals surface area contributed by atoms with Crippen molar-refractivity contribution in [1.29, 1.82) is 0 Å². The Bertz CT molecular complexity index is 618.